The van der Waals surface area contributed by atoms with E-state index in [-0.39, 0.29) is 0 Å². The predicted octanol–water partition coefficient (Wildman–Crippen LogP) is 2.64. The van der Waals surface area contributed by atoms with Crippen molar-refractivity contribution in [1.29, 1.82) is 0 Å². The lowest BCUT2D eigenvalue weighted by atomic mass is 10.2. The van der Waals surface area contributed by atoms with Crippen molar-refractivity contribution in [3.63, 3.8) is 0 Å². The molecule has 0 aliphatic rings. The first-order valence-electron chi connectivity index (χ1n) is 5.57. The molecular formula is C13H12N4O. The van der Waals surface area contributed by atoms with Gasteiger partial charge in [-0.15, -0.1) is 5.10 Å². The van der Waals surface area contributed by atoms with E-state index in [0.717, 1.165) is 16.6 Å². The number of benzene rings is 1. The summed E-state index contributed by atoms with van der Waals surface area (Å²) in [6.45, 7) is 1.92. The van der Waals surface area contributed by atoms with E-state index in [2.05, 4.69) is 15.2 Å². The lowest BCUT2D eigenvalue weighted by Crippen LogP contribution is -1.92. The molecule has 0 unspecified atom stereocenters. The Hall–Kier alpha value is -2.56. The van der Waals surface area contributed by atoms with Crippen LogP contribution in [0.5, 0.6) is 11.6 Å². The van der Waals surface area contributed by atoms with Gasteiger partial charge in [0.15, 0.2) is 5.75 Å². The maximum atomic E-state index is 5.91. The molecule has 18 heavy (non-hydrogen) atoms. The summed E-state index contributed by atoms with van der Waals surface area (Å²) in [7, 11) is 0. The normalized spacial score (nSPS) is 10.7. The molecule has 0 saturated carbocycles. The third-order valence-corrected chi connectivity index (χ3v) is 2.66. The van der Waals surface area contributed by atoms with Gasteiger partial charge in [-0.25, -0.2) is 0 Å². The smallest absolute Gasteiger partial charge is 0.238 e. The lowest BCUT2D eigenvalue weighted by Gasteiger charge is -2.07. The molecule has 0 bridgehead atoms. The minimum Gasteiger partial charge on any atom is -0.435 e. The molecule has 0 saturated heterocycles. The number of hydrogen-bond donors (Lipinski definition) is 2. The highest BCUT2D eigenvalue weighted by Gasteiger charge is 2.08. The summed E-state index contributed by atoms with van der Waals surface area (Å²) in [6.07, 6.45) is 1.71. The van der Waals surface area contributed by atoms with Crippen LogP contribution in [0.15, 0.2) is 36.5 Å². The minimum atomic E-state index is 0.518. The van der Waals surface area contributed by atoms with E-state index in [0.29, 0.717) is 17.3 Å². The summed E-state index contributed by atoms with van der Waals surface area (Å²) in [5, 5.41) is 7.74. The molecule has 0 aliphatic heterocycles. The first-order chi connectivity index (χ1) is 8.74. The van der Waals surface area contributed by atoms with E-state index in [1.165, 1.54) is 0 Å². The summed E-state index contributed by atoms with van der Waals surface area (Å²) >= 11 is 0. The van der Waals surface area contributed by atoms with Gasteiger partial charge in [-0.2, -0.15) is 0 Å². The predicted molar refractivity (Wildman–Crippen MR) is 69.6 cm³/mol. The number of rotatable bonds is 2. The summed E-state index contributed by atoms with van der Waals surface area (Å²) < 4.78 is 5.71. The number of aromatic amines is 1. The SMILES string of the molecule is Cc1cc(Oc2ccc(N)c3cccnc23)n[nH]1. The van der Waals surface area contributed by atoms with Crippen LogP contribution in [0.1, 0.15) is 5.69 Å². The van der Waals surface area contributed by atoms with Crippen molar-refractivity contribution < 1.29 is 4.74 Å². The van der Waals surface area contributed by atoms with Gasteiger partial charge in [0.2, 0.25) is 5.88 Å². The van der Waals surface area contributed by atoms with Crippen molar-refractivity contribution in [2.24, 2.45) is 0 Å². The first kappa shape index (κ1) is 10.6. The molecule has 0 fully saturated rings. The third kappa shape index (κ3) is 1.75. The number of nitrogens with zero attached hydrogens (tertiary/aromatic N) is 2. The second-order valence-corrected chi connectivity index (χ2v) is 4.04. The number of anilines is 1. The van der Waals surface area contributed by atoms with E-state index in [1.54, 1.807) is 18.3 Å². The Bertz CT molecular complexity index is 705. The molecule has 0 atom stereocenters. The molecule has 3 rings (SSSR count). The van der Waals surface area contributed by atoms with E-state index in [4.69, 9.17) is 10.5 Å². The van der Waals surface area contributed by atoms with E-state index in [9.17, 15) is 0 Å². The molecule has 0 amide bonds. The van der Waals surface area contributed by atoms with Gasteiger partial charge < -0.3 is 10.5 Å². The maximum absolute atomic E-state index is 5.91. The number of nitrogen functional groups attached to an aromatic ring is 1. The van der Waals surface area contributed by atoms with Crippen molar-refractivity contribution in [3.05, 3.63) is 42.2 Å². The van der Waals surface area contributed by atoms with Gasteiger partial charge in [0.25, 0.3) is 0 Å². The molecule has 1 aromatic carbocycles. The summed E-state index contributed by atoms with van der Waals surface area (Å²) in [4.78, 5) is 4.30. The average Bonchev–Trinajstić information content (AvgIpc) is 2.79. The minimum absolute atomic E-state index is 0.518. The highest BCUT2D eigenvalue weighted by Crippen LogP contribution is 2.30. The number of nitrogens with one attached hydrogen (secondary N) is 1. The Balaban J connectivity index is 2.09. The van der Waals surface area contributed by atoms with Crippen LogP contribution >= 0.6 is 0 Å². The van der Waals surface area contributed by atoms with Crippen LogP contribution in [0.2, 0.25) is 0 Å². The zero-order valence-electron chi connectivity index (χ0n) is 9.84. The third-order valence-electron chi connectivity index (χ3n) is 2.66. The summed E-state index contributed by atoms with van der Waals surface area (Å²) in [6, 6.07) is 9.19. The quantitative estimate of drug-likeness (QED) is 0.675. The van der Waals surface area contributed by atoms with Crippen LogP contribution in [-0.4, -0.2) is 15.2 Å². The van der Waals surface area contributed by atoms with Gasteiger partial charge in [-0.3, -0.25) is 10.1 Å². The molecule has 90 valence electrons. The molecular weight excluding hydrogens is 228 g/mol. The summed E-state index contributed by atoms with van der Waals surface area (Å²) in [5.74, 6) is 1.16. The van der Waals surface area contributed by atoms with Gasteiger partial charge in [-0.1, -0.05) is 0 Å². The Morgan fingerprint density at radius 2 is 2.17 bits per heavy atom. The zero-order valence-corrected chi connectivity index (χ0v) is 9.84. The van der Waals surface area contributed by atoms with Crippen molar-refractivity contribution in [2.75, 3.05) is 5.73 Å². The van der Waals surface area contributed by atoms with Crippen LogP contribution in [0.3, 0.4) is 0 Å². The van der Waals surface area contributed by atoms with Crippen LogP contribution < -0.4 is 10.5 Å². The van der Waals surface area contributed by atoms with Crippen molar-refractivity contribution in [1.82, 2.24) is 15.2 Å². The highest BCUT2D eigenvalue weighted by atomic mass is 16.5. The standard InChI is InChI=1S/C13H12N4O/c1-8-7-12(17-16-8)18-11-5-4-10(14)9-3-2-6-15-13(9)11/h2-7H,14H2,1H3,(H,16,17). The Labute approximate surface area is 104 Å². The van der Waals surface area contributed by atoms with Crippen molar-refractivity contribution >= 4 is 16.6 Å². The number of H-pyrrole nitrogens is 1. The molecule has 0 aliphatic carbocycles. The monoisotopic (exact) mass is 240 g/mol. The fraction of sp³-hybridized carbons (Fsp3) is 0.0769. The molecule has 0 radical (unpaired) electrons. The van der Waals surface area contributed by atoms with Gasteiger partial charge in [-0.05, 0) is 31.2 Å². The molecule has 2 aromatic heterocycles. The van der Waals surface area contributed by atoms with Crippen LogP contribution in [-0.2, 0) is 0 Å². The number of hydrogen-bond acceptors (Lipinski definition) is 4. The second-order valence-electron chi connectivity index (χ2n) is 4.04. The van der Waals surface area contributed by atoms with Crippen LogP contribution in [0.4, 0.5) is 5.69 Å². The lowest BCUT2D eigenvalue weighted by molar-refractivity contribution is 0.466. The fourth-order valence-corrected chi connectivity index (χ4v) is 1.81. The van der Waals surface area contributed by atoms with Gasteiger partial charge >= 0.3 is 0 Å². The molecule has 3 N–H and O–H groups in total. The largest absolute Gasteiger partial charge is 0.435 e. The first-order valence-corrected chi connectivity index (χ1v) is 5.57. The van der Waals surface area contributed by atoms with Crippen molar-refractivity contribution in [3.8, 4) is 11.6 Å². The Morgan fingerprint density at radius 1 is 1.28 bits per heavy atom. The van der Waals surface area contributed by atoms with Crippen molar-refractivity contribution in [2.45, 2.75) is 6.92 Å². The Morgan fingerprint density at radius 3 is 2.94 bits per heavy atom. The Kier molecular flexibility index (Phi) is 2.37. The number of ether oxygens (including phenoxy) is 1. The number of aromatic nitrogens is 3. The van der Waals surface area contributed by atoms with Gasteiger partial charge in [0.05, 0.1) is 0 Å². The molecule has 3 aromatic rings. The van der Waals surface area contributed by atoms with Gasteiger partial charge in [0, 0.05) is 29.0 Å². The zero-order chi connectivity index (χ0) is 12.5. The molecule has 2 heterocycles. The molecule has 5 heteroatoms. The number of pyridine rings is 1. The van der Waals surface area contributed by atoms with Crippen LogP contribution in [0.25, 0.3) is 10.9 Å². The molecule has 0 spiro atoms. The summed E-state index contributed by atoms with van der Waals surface area (Å²) in [5.41, 5.74) is 8.27. The average molecular weight is 240 g/mol. The molecule has 5 nitrogen and oxygen atoms in total. The topological polar surface area (TPSA) is 76.8 Å². The fourth-order valence-electron chi connectivity index (χ4n) is 1.81. The van der Waals surface area contributed by atoms with Gasteiger partial charge in [0.1, 0.15) is 5.52 Å². The number of nitrogens with two attached hydrogens (primary N) is 1. The highest BCUT2D eigenvalue weighted by molar-refractivity contribution is 5.94. The second kappa shape index (κ2) is 4.03. The van der Waals surface area contributed by atoms with Crippen LogP contribution in [0, 0.1) is 6.92 Å². The maximum Gasteiger partial charge on any atom is 0.238 e. The van der Waals surface area contributed by atoms with E-state index < -0.39 is 0 Å². The number of fused-ring (bicyclic) bond motifs is 1. The number of aryl methyl sites for hydroxylation is 1. The van der Waals surface area contributed by atoms with E-state index >= 15 is 0 Å². The van der Waals surface area contributed by atoms with E-state index in [1.807, 2.05) is 25.1 Å².